The molecule has 0 spiro atoms. The van der Waals surface area contributed by atoms with Crippen LogP contribution in [-0.2, 0) is 16.9 Å². The van der Waals surface area contributed by atoms with Crippen LogP contribution in [-0.4, -0.2) is 15.3 Å². The normalized spacial score (nSPS) is 12.0. The van der Waals surface area contributed by atoms with Gasteiger partial charge in [0.15, 0.2) is 5.78 Å². The number of benzene rings is 2. The molecule has 0 aliphatic rings. The van der Waals surface area contributed by atoms with E-state index in [0.29, 0.717) is 21.1 Å². The van der Waals surface area contributed by atoms with Crippen LogP contribution < -0.4 is 5.43 Å². The van der Waals surface area contributed by atoms with Gasteiger partial charge in [-0.2, -0.15) is 5.26 Å². The maximum atomic E-state index is 13.0. The minimum Gasteiger partial charge on any atom is -0.610 e. The molecule has 0 amide bonds. The summed E-state index contributed by atoms with van der Waals surface area (Å²) in [6, 6.07) is 12.0. The van der Waals surface area contributed by atoms with Crippen LogP contribution in [0, 0.1) is 11.3 Å². The fourth-order valence-electron chi connectivity index (χ4n) is 2.76. The molecule has 1 aromatic heterocycles. The number of fused-ring (bicyclic) bond motifs is 1. The van der Waals surface area contributed by atoms with Crippen LogP contribution in [0.3, 0.4) is 0 Å². The first-order chi connectivity index (χ1) is 12.8. The summed E-state index contributed by atoms with van der Waals surface area (Å²) in [5.74, 6) is -0.519. The molecule has 0 aliphatic carbocycles. The molecule has 1 atom stereocenters. The Hall–Kier alpha value is -2.11. The second-order valence-corrected chi connectivity index (χ2v) is 8.40. The average Bonchev–Trinajstić information content (AvgIpc) is 2.64. The van der Waals surface area contributed by atoms with Crippen molar-refractivity contribution in [3.8, 4) is 6.07 Å². The summed E-state index contributed by atoms with van der Waals surface area (Å²) < 4.78 is 13.6. The molecule has 3 aromatic rings. The number of aromatic amines is 1. The maximum Gasteiger partial charge on any atom is 0.238 e. The lowest BCUT2D eigenvalue weighted by molar-refractivity contribution is 0.101. The van der Waals surface area contributed by atoms with Gasteiger partial charge in [0.25, 0.3) is 0 Å². The van der Waals surface area contributed by atoms with Crippen molar-refractivity contribution in [1.82, 2.24) is 4.98 Å². The molecule has 1 unspecified atom stereocenters. The van der Waals surface area contributed by atoms with Gasteiger partial charge in [0, 0.05) is 21.2 Å². The number of nitrogens with zero attached hydrogens (tertiary/aromatic N) is 1. The Morgan fingerprint density at radius 2 is 2.04 bits per heavy atom. The van der Waals surface area contributed by atoms with E-state index in [1.165, 1.54) is 6.92 Å². The van der Waals surface area contributed by atoms with E-state index in [2.05, 4.69) is 20.9 Å². The van der Waals surface area contributed by atoms with Crippen LogP contribution in [0.5, 0.6) is 0 Å². The number of ketones is 1. The molecule has 8 heteroatoms. The van der Waals surface area contributed by atoms with E-state index < -0.39 is 22.4 Å². The van der Waals surface area contributed by atoms with Gasteiger partial charge in [0.2, 0.25) is 10.5 Å². The number of nitrogens with one attached hydrogen (secondary N) is 1. The summed E-state index contributed by atoms with van der Waals surface area (Å²) >= 11 is 7.74. The molecule has 0 aliphatic heterocycles. The van der Waals surface area contributed by atoms with E-state index in [1.54, 1.807) is 36.4 Å². The van der Waals surface area contributed by atoms with Crippen LogP contribution in [0.4, 0.5) is 0 Å². The standard InChI is InChI=1S/C19H12BrClN2O3S/c1-10(24)15-18(25)16-14(21)7-6-13(20)17(16)23-19(15)27(26)9-12-5-3-2-4-11(12)8-22/h2-7H,9H2,1H3,(H,23,25). The van der Waals surface area contributed by atoms with E-state index in [4.69, 9.17) is 11.6 Å². The molecular formula is C19H12BrClN2O3S. The second-order valence-electron chi connectivity index (χ2n) is 5.75. The number of nitriles is 1. The molecule has 27 heavy (non-hydrogen) atoms. The molecule has 136 valence electrons. The topological polar surface area (TPSA) is 96.8 Å². The molecule has 1 heterocycles. The second kappa shape index (κ2) is 7.87. The van der Waals surface area contributed by atoms with Crippen LogP contribution in [0.2, 0.25) is 5.02 Å². The fourth-order valence-corrected chi connectivity index (χ4v) is 4.79. The number of carbonyl (C=O) groups excluding carboxylic acids is 1. The molecule has 0 fully saturated rings. The third kappa shape index (κ3) is 3.66. The van der Waals surface area contributed by atoms with Crippen molar-refractivity contribution in [2.24, 2.45) is 0 Å². The summed E-state index contributed by atoms with van der Waals surface area (Å²) in [6.07, 6.45) is 0. The van der Waals surface area contributed by atoms with E-state index >= 15 is 0 Å². The van der Waals surface area contributed by atoms with Crippen LogP contribution in [0.15, 0.2) is 50.7 Å². The summed E-state index contributed by atoms with van der Waals surface area (Å²) in [5.41, 5.74) is 0.575. The van der Waals surface area contributed by atoms with Gasteiger partial charge in [-0.15, -0.1) is 0 Å². The Bertz CT molecular complexity index is 1170. The summed E-state index contributed by atoms with van der Waals surface area (Å²) in [5, 5.41) is 9.60. The highest BCUT2D eigenvalue weighted by molar-refractivity contribution is 9.10. The third-order valence-corrected chi connectivity index (χ3v) is 6.34. The Morgan fingerprint density at radius 3 is 2.70 bits per heavy atom. The van der Waals surface area contributed by atoms with E-state index in [0.717, 1.165) is 0 Å². The minimum absolute atomic E-state index is 0.0103. The van der Waals surface area contributed by atoms with Crippen molar-refractivity contribution in [2.45, 2.75) is 17.7 Å². The monoisotopic (exact) mass is 462 g/mol. The number of rotatable bonds is 4. The number of H-pyrrole nitrogens is 1. The number of carbonyl (C=O) groups is 1. The van der Waals surface area contributed by atoms with Crippen molar-refractivity contribution in [1.29, 1.82) is 5.26 Å². The molecule has 2 aromatic carbocycles. The predicted octanol–water partition coefficient (Wildman–Crippen LogP) is 4.33. The fraction of sp³-hybridized carbons (Fsp3) is 0.105. The zero-order chi connectivity index (χ0) is 19.7. The Labute approximate surface area is 171 Å². The highest BCUT2D eigenvalue weighted by Gasteiger charge is 2.27. The number of Topliss-reactive ketones (excluding diaryl/α,β-unsaturated/α-hetero) is 1. The Kier molecular flexibility index (Phi) is 5.72. The van der Waals surface area contributed by atoms with Gasteiger partial charge in [-0.1, -0.05) is 29.8 Å². The van der Waals surface area contributed by atoms with E-state index in [9.17, 15) is 19.4 Å². The number of aromatic nitrogens is 1. The Morgan fingerprint density at radius 1 is 1.33 bits per heavy atom. The lowest BCUT2D eigenvalue weighted by Gasteiger charge is -2.15. The Balaban J connectivity index is 2.23. The van der Waals surface area contributed by atoms with Crippen LogP contribution >= 0.6 is 27.5 Å². The lowest BCUT2D eigenvalue weighted by Crippen LogP contribution is -2.22. The molecule has 0 saturated carbocycles. The van der Waals surface area contributed by atoms with Crippen LogP contribution in [0.25, 0.3) is 10.9 Å². The molecule has 0 saturated heterocycles. The van der Waals surface area contributed by atoms with Gasteiger partial charge >= 0.3 is 0 Å². The maximum absolute atomic E-state index is 13.0. The van der Waals surface area contributed by atoms with Gasteiger partial charge in [-0.05, 0) is 41.1 Å². The first-order valence-corrected chi connectivity index (χ1v) is 10.3. The van der Waals surface area contributed by atoms with E-state index in [-0.39, 0.29) is 26.8 Å². The van der Waals surface area contributed by atoms with Gasteiger partial charge in [-0.25, -0.2) is 0 Å². The quantitative estimate of drug-likeness (QED) is 0.460. The number of hydrogen-bond acceptors (Lipinski definition) is 4. The van der Waals surface area contributed by atoms with Gasteiger partial charge in [0.05, 0.1) is 27.6 Å². The summed E-state index contributed by atoms with van der Waals surface area (Å²) in [4.78, 5) is 28.0. The van der Waals surface area contributed by atoms with Crippen molar-refractivity contribution in [2.75, 3.05) is 0 Å². The number of hydrogen-bond donors (Lipinski definition) is 1. The molecule has 1 N–H and O–H groups in total. The smallest absolute Gasteiger partial charge is 0.238 e. The largest absolute Gasteiger partial charge is 0.610 e. The SMILES string of the molecule is CC(=O)c1c([S+]([O-])Cc2ccccc2C#N)[nH]c2c(Br)ccc(Cl)c2c1=O. The van der Waals surface area contributed by atoms with E-state index in [1.807, 2.05) is 6.07 Å². The predicted molar refractivity (Wildman–Crippen MR) is 109 cm³/mol. The highest BCUT2D eigenvalue weighted by atomic mass is 79.9. The van der Waals surface area contributed by atoms with Crippen molar-refractivity contribution < 1.29 is 9.35 Å². The molecule has 5 nitrogen and oxygen atoms in total. The van der Waals surface area contributed by atoms with Crippen molar-refractivity contribution >= 4 is 55.4 Å². The summed E-state index contributed by atoms with van der Waals surface area (Å²) in [7, 11) is 0. The van der Waals surface area contributed by atoms with Crippen molar-refractivity contribution in [3.05, 3.63) is 72.8 Å². The number of halogens is 2. The van der Waals surface area contributed by atoms with Gasteiger partial charge in [0.1, 0.15) is 11.3 Å². The third-order valence-electron chi connectivity index (χ3n) is 4.03. The summed E-state index contributed by atoms with van der Waals surface area (Å²) in [6.45, 7) is 1.24. The minimum atomic E-state index is -1.75. The highest BCUT2D eigenvalue weighted by Crippen LogP contribution is 2.29. The molecule has 0 radical (unpaired) electrons. The molecule has 3 rings (SSSR count). The lowest BCUT2D eigenvalue weighted by atomic mass is 10.1. The molecular weight excluding hydrogens is 452 g/mol. The van der Waals surface area contributed by atoms with Gasteiger partial charge < -0.3 is 9.54 Å². The van der Waals surface area contributed by atoms with Gasteiger partial charge in [-0.3, -0.25) is 9.59 Å². The number of pyridine rings is 1. The van der Waals surface area contributed by atoms with Crippen molar-refractivity contribution in [3.63, 3.8) is 0 Å². The first kappa shape index (κ1) is 19.6. The zero-order valence-corrected chi connectivity index (χ0v) is 17.2. The molecule has 0 bridgehead atoms. The zero-order valence-electron chi connectivity index (χ0n) is 14.0. The van der Waals surface area contributed by atoms with Crippen LogP contribution in [0.1, 0.15) is 28.4 Å². The average molecular weight is 464 g/mol. The first-order valence-electron chi connectivity index (χ1n) is 7.76.